The summed E-state index contributed by atoms with van der Waals surface area (Å²) in [7, 11) is 0. The summed E-state index contributed by atoms with van der Waals surface area (Å²) in [6.07, 6.45) is 0.781. The van der Waals surface area contributed by atoms with E-state index in [0.717, 1.165) is 28.6 Å². The molecule has 1 atom stereocenters. The topological polar surface area (TPSA) is 56.3 Å². The largest absolute Gasteiger partial charge is 0.508 e. The number of aromatic hydroxyl groups is 1. The molecule has 2 N–H and O–H groups in total. The number of hydrogen-bond acceptors (Lipinski definition) is 2. The van der Waals surface area contributed by atoms with E-state index in [2.05, 4.69) is 4.98 Å². The lowest BCUT2D eigenvalue weighted by atomic mass is 9.91. The van der Waals surface area contributed by atoms with Crippen molar-refractivity contribution in [3.8, 4) is 5.75 Å². The molecule has 0 saturated heterocycles. The quantitative estimate of drug-likeness (QED) is 0.691. The second-order valence-electron chi connectivity index (χ2n) is 7.14. The van der Waals surface area contributed by atoms with Crippen molar-refractivity contribution in [1.29, 1.82) is 0 Å². The van der Waals surface area contributed by atoms with Crippen molar-refractivity contribution in [2.45, 2.75) is 26.3 Å². The highest BCUT2D eigenvalue weighted by Crippen LogP contribution is 2.40. The van der Waals surface area contributed by atoms with Crippen molar-refractivity contribution in [3.63, 3.8) is 0 Å². The van der Waals surface area contributed by atoms with Gasteiger partial charge in [-0.25, -0.2) is 0 Å². The van der Waals surface area contributed by atoms with Gasteiger partial charge in [-0.15, -0.1) is 0 Å². The highest BCUT2D eigenvalue weighted by Gasteiger charge is 2.35. The first-order valence-corrected chi connectivity index (χ1v) is 9.23. The Bertz CT molecular complexity index is 993. The Labute approximate surface area is 157 Å². The fourth-order valence-electron chi connectivity index (χ4n) is 3.87. The lowest BCUT2D eigenvalue weighted by molar-refractivity contribution is -0.136. The molecule has 1 aliphatic heterocycles. The van der Waals surface area contributed by atoms with Crippen LogP contribution >= 0.6 is 11.6 Å². The van der Waals surface area contributed by atoms with Crippen LogP contribution in [0.1, 0.15) is 36.7 Å². The van der Waals surface area contributed by atoms with Crippen LogP contribution in [0.2, 0.25) is 5.02 Å². The second-order valence-corrected chi connectivity index (χ2v) is 7.58. The first kappa shape index (κ1) is 17.0. The van der Waals surface area contributed by atoms with Gasteiger partial charge in [0.05, 0.1) is 6.04 Å². The Kier molecular flexibility index (Phi) is 4.16. The fourth-order valence-corrected chi connectivity index (χ4v) is 4.04. The Morgan fingerprint density at radius 2 is 2.08 bits per heavy atom. The minimum atomic E-state index is -0.244. The van der Waals surface area contributed by atoms with Crippen LogP contribution in [0, 0.1) is 5.92 Å². The number of benzene rings is 2. The van der Waals surface area contributed by atoms with Crippen molar-refractivity contribution in [2.75, 3.05) is 6.54 Å². The number of rotatable bonds is 2. The Hall–Kier alpha value is -2.46. The lowest BCUT2D eigenvalue weighted by Crippen LogP contribution is -2.42. The van der Waals surface area contributed by atoms with Gasteiger partial charge in [0, 0.05) is 34.1 Å². The zero-order valence-corrected chi connectivity index (χ0v) is 15.5. The van der Waals surface area contributed by atoms with E-state index >= 15 is 0 Å². The molecule has 4 rings (SSSR count). The predicted octanol–water partition coefficient (Wildman–Crippen LogP) is 4.66. The molecule has 1 aliphatic rings. The summed E-state index contributed by atoms with van der Waals surface area (Å²) in [6.45, 7) is 4.48. The van der Waals surface area contributed by atoms with E-state index in [4.69, 9.17) is 11.6 Å². The van der Waals surface area contributed by atoms with Crippen LogP contribution in [-0.2, 0) is 11.2 Å². The molecule has 134 valence electrons. The summed E-state index contributed by atoms with van der Waals surface area (Å²) < 4.78 is 0. The molecule has 0 aliphatic carbocycles. The number of H-pyrrole nitrogens is 1. The molecule has 0 fully saturated rings. The number of carbonyl (C=O) groups is 1. The highest BCUT2D eigenvalue weighted by atomic mass is 35.5. The van der Waals surface area contributed by atoms with Crippen LogP contribution in [0.3, 0.4) is 0 Å². The van der Waals surface area contributed by atoms with Crippen molar-refractivity contribution < 1.29 is 9.90 Å². The van der Waals surface area contributed by atoms with Gasteiger partial charge in [-0.1, -0.05) is 37.6 Å². The predicted molar refractivity (Wildman–Crippen MR) is 104 cm³/mol. The molecular formula is C21H21ClN2O2. The van der Waals surface area contributed by atoms with Gasteiger partial charge in [0.2, 0.25) is 5.91 Å². The second kappa shape index (κ2) is 6.36. The number of phenolic OH excluding ortho intramolecular Hbond substituents is 1. The first-order chi connectivity index (χ1) is 12.5. The minimum Gasteiger partial charge on any atom is -0.508 e. The van der Waals surface area contributed by atoms with Gasteiger partial charge < -0.3 is 15.0 Å². The summed E-state index contributed by atoms with van der Waals surface area (Å²) in [5.74, 6) is 0.224. The van der Waals surface area contributed by atoms with Gasteiger partial charge in [-0.05, 0) is 47.9 Å². The number of hydrogen-bond donors (Lipinski definition) is 2. The highest BCUT2D eigenvalue weighted by molar-refractivity contribution is 6.31. The van der Waals surface area contributed by atoms with Crippen LogP contribution in [0.4, 0.5) is 0 Å². The van der Waals surface area contributed by atoms with Crippen LogP contribution in [0.15, 0.2) is 42.5 Å². The number of phenols is 1. The van der Waals surface area contributed by atoms with Crippen molar-refractivity contribution in [2.24, 2.45) is 5.92 Å². The van der Waals surface area contributed by atoms with Crippen molar-refractivity contribution >= 4 is 28.4 Å². The lowest BCUT2D eigenvalue weighted by Gasteiger charge is -2.37. The Morgan fingerprint density at radius 1 is 1.27 bits per heavy atom. The molecule has 0 radical (unpaired) electrons. The third kappa shape index (κ3) is 2.74. The molecule has 2 heterocycles. The van der Waals surface area contributed by atoms with Crippen molar-refractivity contribution in [3.05, 3.63) is 64.3 Å². The first-order valence-electron chi connectivity index (χ1n) is 8.85. The molecule has 1 unspecified atom stereocenters. The normalized spacial score (nSPS) is 16.9. The summed E-state index contributed by atoms with van der Waals surface area (Å²) in [4.78, 5) is 18.3. The molecule has 26 heavy (non-hydrogen) atoms. The van der Waals surface area contributed by atoms with E-state index in [-0.39, 0.29) is 23.6 Å². The molecule has 1 aromatic heterocycles. The van der Waals surface area contributed by atoms with Crippen LogP contribution in [0.5, 0.6) is 5.75 Å². The summed E-state index contributed by atoms with van der Waals surface area (Å²) >= 11 is 6.20. The Morgan fingerprint density at radius 3 is 2.81 bits per heavy atom. The number of carbonyl (C=O) groups excluding carboxylic acids is 1. The van der Waals surface area contributed by atoms with Crippen LogP contribution in [-0.4, -0.2) is 27.4 Å². The third-order valence-electron chi connectivity index (χ3n) is 5.05. The molecule has 3 aromatic rings. The smallest absolute Gasteiger partial charge is 0.225 e. The number of aromatic nitrogens is 1. The van der Waals surface area contributed by atoms with Gasteiger partial charge in [-0.2, -0.15) is 0 Å². The number of amides is 1. The molecular weight excluding hydrogens is 348 g/mol. The molecule has 1 amide bonds. The molecule has 2 aromatic carbocycles. The number of nitrogens with zero attached hydrogens (tertiary/aromatic N) is 1. The van der Waals surface area contributed by atoms with Crippen LogP contribution in [0.25, 0.3) is 10.9 Å². The third-order valence-corrected chi connectivity index (χ3v) is 5.29. The van der Waals surface area contributed by atoms with Gasteiger partial charge in [0.25, 0.3) is 0 Å². The molecule has 0 saturated carbocycles. The monoisotopic (exact) mass is 368 g/mol. The minimum absolute atomic E-state index is 0.0878. The average molecular weight is 369 g/mol. The zero-order valence-electron chi connectivity index (χ0n) is 14.8. The zero-order chi connectivity index (χ0) is 18.4. The summed E-state index contributed by atoms with van der Waals surface area (Å²) in [5.41, 5.74) is 4.12. The van der Waals surface area contributed by atoms with Gasteiger partial charge in [0.1, 0.15) is 5.75 Å². The number of aromatic amines is 1. The summed E-state index contributed by atoms with van der Waals surface area (Å²) in [6, 6.07) is 12.7. The van der Waals surface area contributed by atoms with E-state index < -0.39 is 0 Å². The number of halogens is 1. The van der Waals surface area contributed by atoms with Crippen LogP contribution < -0.4 is 0 Å². The molecule has 5 heteroatoms. The van der Waals surface area contributed by atoms with E-state index in [0.29, 0.717) is 11.6 Å². The molecule has 4 nitrogen and oxygen atoms in total. The fraction of sp³-hybridized carbons (Fsp3) is 0.286. The summed E-state index contributed by atoms with van der Waals surface area (Å²) in [5, 5.41) is 11.8. The van der Waals surface area contributed by atoms with Gasteiger partial charge in [0.15, 0.2) is 0 Å². The van der Waals surface area contributed by atoms with E-state index in [1.165, 1.54) is 5.56 Å². The Balaban J connectivity index is 1.92. The van der Waals surface area contributed by atoms with E-state index in [9.17, 15) is 9.90 Å². The maximum Gasteiger partial charge on any atom is 0.225 e. The van der Waals surface area contributed by atoms with Crippen molar-refractivity contribution in [1.82, 2.24) is 9.88 Å². The van der Waals surface area contributed by atoms with Gasteiger partial charge >= 0.3 is 0 Å². The molecule has 0 bridgehead atoms. The van der Waals surface area contributed by atoms with E-state index in [1.54, 1.807) is 12.1 Å². The number of nitrogens with one attached hydrogen (secondary N) is 1. The standard InChI is InChI=1S/C21H21ClN2O2/c1-12(2)21(26)24-9-8-16-17-11-14(22)6-7-18(17)23-19(16)20(24)13-4-3-5-15(25)10-13/h3-7,10-12,20,23,25H,8-9H2,1-2H3. The molecule has 0 spiro atoms. The maximum absolute atomic E-state index is 12.9. The SMILES string of the molecule is CC(C)C(=O)N1CCc2c([nH]c3ccc(Cl)cc23)C1c1cccc(O)c1. The van der Waals surface area contributed by atoms with Gasteiger partial charge in [-0.3, -0.25) is 4.79 Å². The maximum atomic E-state index is 12.9. The van der Waals surface area contributed by atoms with E-state index in [1.807, 2.05) is 49.1 Å². The average Bonchev–Trinajstić information content (AvgIpc) is 2.98. The number of fused-ring (bicyclic) bond motifs is 3.